The summed E-state index contributed by atoms with van der Waals surface area (Å²) in [5, 5.41) is 6.40. The summed E-state index contributed by atoms with van der Waals surface area (Å²) >= 11 is 0. The molecule has 152 valence electrons. The number of anilines is 1. The van der Waals surface area contributed by atoms with Crippen molar-refractivity contribution in [2.45, 2.75) is 13.5 Å². The molecule has 0 aliphatic rings. The Morgan fingerprint density at radius 2 is 1.97 bits per heavy atom. The smallest absolute Gasteiger partial charge is 0.246 e. The van der Waals surface area contributed by atoms with Gasteiger partial charge in [0, 0.05) is 5.56 Å². The highest BCUT2D eigenvalue weighted by atomic mass is 32.2. The van der Waals surface area contributed by atoms with Crippen LogP contribution in [-0.4, -0.2) is 37.3 Å². The summed E-state index contributed by atoms with van der Waals surface area (Å²) in [6.07, 6.45) is 0.942. The normalized spacial score (nSPS) is 11.3. The van der Waals surface area contributed by atoms with Gasteiger partial charge >= 0.3 is 0 Å². The van der Waals surface area contributed by atoms with Crippen LogP contribution in [0.25, 0.3) is 11.4 Å². The fourth-order valence-corrected chi connectivity index (χ4v) is 3.47. The third-order valence-electron chi connectivity index (χ3n) is 3.96. The number of aryl methyl sites for hydroxylation is 1. The lowest BCUT2D eigenvalue weighted by Crippen LogP contribution is -2.40. The number of nitrogens with one attached hydrogen (secondary N) is 1. The Morgan fingerprint density at radius 1 is 1.21 bits per heavy atom. The van der Waals surface area contributed by atoms with E-state index in [9.17, 15) is 17.6 Å². The Hall–Kier alpha value is -3.27. The van der Waals surface area contributed by atoms with Gasteiger partial charge in [-0.05, 0) is 31.2 Å². The summed E-state index contributed by atoms with van der Waals surface area (Å²) in [7, 11) is -3.79. The highest BCUT2D eigenvalue weighted by Crippen LogP contribution is 2.19. The van der Waals surface area contributed by atoms with Crippen LogP contribution in [0.2, 0.25) is 0 Å². The highest BCUT2D eigenvalue weighted by molar-refractivity contribution is 7.92. The summed E-state index contributed by atoms with van der Waals surface area (Å²) in [5.74, 6) is -0.650. The van der Waals surface area contributed by atoms with Gasteiger partial charge in [0.25, 0.3) is 0 Å². The van der Waals surface area contributed by atoms with E-state index in [-0.39, 0.29) is 18.1 Å². The van der Waals surface area contributed by atoms with Gasteiger partial charge in [-0.3, -0.25) is 9.10 Å². The Kier molecular flexibility index (Phi) is 5.92. The van der Waals surface area contributed by atoms with Gasteiger partial charge in [-0.25, -0.2) is 12.8 Å². The van der Waals surface area contributed by atoms with Crippen molar-refractivity contribution < 1.29 is 22.1 Å². The van der Waals surface area contributed by atoms with Crippen molar-refractivity contribution in [3.8, 4) is 11.4 Å². The van der Waals surface area contributed by atoms with E-state index in [1.807, 2.05) is 31.2 Å². The fourth-order valence-electron chi connectivity index (χ4n) is 2.62. The van der Waals surface area contributed by atoms with E-state index in [1.165, 1.54) is 18.2 Å². The summed E-state index contributed by atoms with van der Waals surface area (Å²) in [5.41, 5.74) is 1.88. The number of rotatable bonds is 7. The molecular weight excluding hydrogens is 399 g/mol. The van der Waals surface area contributed by atoms with E-state index in [1.54, 1.807) is 0 Å². The second-order valence-corrected chi connectivity index (χ2v) is 8.31. The first-order valence-corrected chi connectivity index (χ1v) is 10.5. The molecule has 1 N–H and O–H groups in total. The predicted octanol–water partition coefficient (Wildman–Crippen LogP) is 2.27. The molecule has 2 aromatic carbocycles. The van der Waals surface area contributed by atoms with E-state index in [4.69, 9.17) is 4.52 Å². The largest absolute Gasteiger partial charge is 0.345 e. The lowest BCUT2D eigenvalue weighted by atomic mass is 10.1. The molecule has 0 saturated heterocycles. The molecule has 0 aliphatic heterocycles. The van der Waals surface area contributed by atoms with Gasteiger partial charge in [0.15, 0.2) is 0 Å². The van der Waals surface area contributed by atoms with Crippen molar-refractivity contribution in [1.29, 1.82) is 0 Å². The summed E-state index contributed by atoms with van der Waals surface area (Å²) in [6, 6.07) is 12.5. The van der Waals surface area contributed by atoms with Gasteiger partial charge in [-0.1, -0.05) is 35.0 Å². The van der Waals surface area contributed by atoms with Crippen molar-refractivity contribution in [3.63, 3.8) is 0 Å². The van der Waals surface area contributed by atoms with E-state index >= 15 is 0 Å². The van der Waals surface area contributed by atoms with Crippen LogP contribution in [0, 0.1) is 12.7 Å². The van der Waals surface area contributed by atoms with Crippen LogP contribution in [-0.2, 0) is 21.4 Å². The summed E-state index contributed by atoms with van der Waals surface area (Å²) < 4.78 is 43.4. The van der Waals surface area contributed by atoms with Crippen LogP contribution in [0.1, 0.15) is 11.5 Å². The van der Waals surface area contributed by atoms with Crippen molar-refractivity contribution in [2.75, 3.05) is 17.1 Å². The average Bonchev–Trinajstić information content (AvgIpc) is 3.12. The van der Waals surface area contributed by atoms with E-state index in [2.05, 4.69) is 15.5 Å². The Bertz CT molecular complexity index is 1130. The van der Waals surface area contributed by atoms with E-state index in [0.717, 1.165) is 27.8 Å². The molecule has 0 radical (unpaired) electrons. The van der Waals surface area contributed by atoms with Crippen LogP contribution >= 0.6 is 0 Å². The molecule has 0 aliphatic carbocycles. The molecular formula is C19H19FN4O4S. The van der Waals surface area contributed by atoms with Crippen LogP contribution in [0.15, 0.2) is 53.1 Å². The predicted molar refractivity (Wildman–Crippen MR) is 105 cm³/mol. The molecule has 8 nitrogen and oxygen atoms in total. The first-order valence-electron chi connectivity index (χ1n) is 8.62. The summed E-state index contributed by atoms with van der Waals surface area (Å²) in [6.45, 7) is 1.36. The minimum Gasteiger partial charge on any atom is -0.345 e. The number of hydrogen-bond donors (Lipinski definition) is 1. The van der Waals surface area contributed by atoms with Crippen molar-refractivity contribution in [1.82, 2.24) is 15.5 Å². The molecule has 0 atom stereocenters. The number of aromatic nitrogens is 2. The number of hydrogen-bond acceptors (Lipinski definition) is 6. The monoisotopic (exact) mass is 418 g/mol. The number of benzene rings is 2. The highest BCUT2D eigenvalue weighted by Gasteiger charge is 2.21. The lowest BCUT2D eigenvalue weighted by molar-refractivity contribution is -0.119. The number of carbonyl (C=O) groups is 1. The second kappa shape index (κ2) is 8.39. The lowest BCUT2D eigenvalue weighted by Gasteiger charge is -2.21. The standard InChI is InChI=1S/C19H19FN4O4S/c1-13-5-3-6-14(9-13)19-22-18(28-23-19)11-21-17(25)12-24(29(2,26)27)16-8-4-7-15(20)10-16/h3-10H,11-12H2,1-2H3,(H,21,25). The minimum absolute atomic E-state index is 0.0576. The van der Waals surface area contributed by atoms with Gasteiger partial charge in [-0.2, -0.15) is 4.98 Å². The molecule has 0 spiro atoms. The molecule has 1 amide bonds. The Morgan fingerprint density at radius 3 is 2.66 bits per heavy atom. The third kappa shape index (κ3) is 5.38. The maximum absolute atomic E-state index is 13.4. The van der Waals surface area contributed by atoms with Crippen LogP contribution in [0.5, 0.6) is 0 Å². The topological polar surface area (TPSA) is 105 Å². The zero-order chi connectivity index (χ0) is 21.0. The van der Waals surface area contributed by atoms with Gasteiger partial charge < -0.3 is 9.84 Å². The zero-order valence-electron chi connectivity index (χ0n) is 15.8. The maximum Gasteiger partial charge on any atom is 0.246 e. The molecule has 0 fully saturated rings. The molecule has 0 unspecified atom stereocenters. The van der Waals surface area contributed by atoms with Crippen LogP contribution in [0.3, 0.4) is 0 Å². The molecule has 1 heterocycles. The maximum atomic E-state index is 13.4. The van der Waals surface area contributed by atoms with Gasteiger partial charge in [0.2, 0.25) is 27.6 Å². The second-order valence-electron chi connectivity index (χ2n) is 6.41. The molecule has 0 saturated carbocycles. The van der Waals surface area contributed by atoms with Crippen molar-refractivity contribution in [2.24, 2.45) is 0 Å². The number of carbonyl (C=O) groups excluding carboxylic acids is 1. The first-order chi connectivity index (χ1) is 13.7. The van der Waals surface area contributed by atoms with Gasteiger partial charge in [0.1, 0.15) is 12.4 Å². The molecule has 10 heteroatoms. The fraction of sp³-hybridized carbons (Fsp3) is 0.211. The number of sulfonamides is 1. The molecule has 3 rings (SSSR count). The Balaban J connectivity index is 1.66. The zero-order valence-corrected chi connectivity index (χ0v) is 16.6. The minimum atomic E-state index is -3.79. The number of halogens is 1. The summed E-state index contributed by atoms with van der Waals surface area (Å²) in [4.78, 5) is 16.5. The average molecular weight is 418 g/mol. The third-order valence-corrected chi connectivity index (χ3v) is 5.11. The first kappa shape index (κ1) is 20.5. The van der Waals surface area contributed by atoms with Crippen molar-refractivity contribution in [3.05, 3.63) is 65.8 Å². The van der Waals surface area contributed by atoms with Gasteiger partial charge in [0.05, 0.1) is 18.5 Å². The molecule has 0 bridgehead atoms. The quantitative estimate of drug-likeness (QED) is 0.631. The Labute approximate surface area is 167 Å². The van der Waals surface area contributed by atoms with Crippen LogP contribution < -0.4 is 9.62 Å². The van der Waals surface area contributed by atoms with Crippen molar-refractivity contribution >= 4 is 21.6 Å². The molecule has 3 aromatic rings. The van der Waals surface area contributed by atoms with E-state index < -0.39 is 28.3 Å². The number of nitrogens with zero attached hydrogens (tertiary/aromatic N) is 3. The molecule has 1 aromatic heterocycles. The van der Waals surface area contributed by atoms with Crippen LogP contribution in [0.4, 0.5) is 10.1 Å². The molecule has 29 heavy (non-hydrogen) atoms. The van der Waals surface area contributed by atoms with E-state index in [0.29, 0.717) is 5.82 Å². The SMILES string of the molecule is Cc1cccc(-c2noc(CNC(=O)CN(c3cccc(F)c3)S(C)(=O)=O)n2)c1. The van der Waals surface area contributed by atoms with Gasteiger partial charge in [-0.15, -0.1) is 0 Å². The number of amides is 1.